The minimum absolute atomic E-state index is 0.458. The summed E-state index contributed by atoms with van der Waals surface area (Å²) in [6, 6.07) is 21.1. The molecule has 0 saturated carbocycles. The van der Waals surface area contributed by atoms with Crippen molar-refractivity contribution >= 4 is 39.4 Å². The first-order valence-corrected chi connectivity index (χ1v) is 9.41. The molecule has 4 nitrogen and oxygen atoms in total. The Kier molecular flexibility index (Phi) is 6.74. The van der Waals surface area contributed by atoms with E-state index in [1.165, 1.54) is 0 Å². The highest BCUT2D eigenvalue weighted by Crippen LogP contribution is 2.36. The number of nitrogens with zero attached hydrogens (tertiary/aromatic N) is 1. The molecule has 138 valence electrons. The molecule has 3 aromatic carbocycles. The van der Waals surface area contributed by atoms with E-state index in [1.54, 1.807) is 19.4 Å². The van der Waals surface area contributed by atoms with Gasteiger partial charge < -0.3 is 9.47 Å². The van der Waals surface area contributed by atoms with E-state index in [0.29, 0.717) is 23.1 Å². The molecular weight excluding hydrogens is 428 g/mol. The van der Waals surface area contributed by atoms with Crippen LogP contribution in [0.3, 0.4) is 0 Å². The number of rotatable bonds is 7. The summed E-state index contributed by atoms with van der Waals surface area (Å²) in [5.41, 5.74) is 5.71. The van der Waals surface area contributed by atoms with Crippen LogP contribution in [0.25, 0.3) is 0 Å². The van der Waals surface area contributed by atoms with Crippen molar-refractivity contribution in [3.05, 3.63) is 87.4 Å². The van der Waals surface area contributed by atoms with E-state index in [4.69, 9.17) is 21.1 Å². The number of hydrazone groups is 1. The maximum Gasteiger partial charge on any atom is 0.175 e. The molecule has 0 spiro atoms. The smallest absolute Gasteiger partial charge is 0.175 e. The Labute approximate surface area is 171 Å². The van der Waals surface area contributed by atoms with Gasteiger partial charge in [-0.05, 0) is 57.4 Å². The largest absolute Gasteiger partial charge is 0.493 e. The van der Waals surface area contributed by atoms with Crippen LogP contribution in [-0.4, -0.2) is 13.3 Å². The van der Waals surface area contributed by atoms with Gasteiger partial charge in [-0.25, -0.2) is 0 Å². The average Bonchev–Trinajstić information content (AvgIpc) is 2.67. The predicted molar refractivity (Wildman–Crippen MR) is 114 cm³/mol. The Morgan fingerprint density at radius 3 is 2.63 bits per heavy atom. The number of anilines is 1. The summed E-state index contributed by atoms with van der Waals surface area (Å²) in [6.45, 7) is 0.458. The standard InChI is InChI=1S/C21H18BrClN2O2/c1-26-20-11-16(13-24-25-18-9-5-8-17(23)12-18)10-19(22)21(20)27-14-15-6-3-2-4-7-15/h2-13,25H,14H2,1H3. The van der Waals surface area contributed by atoms with Crippen molar-refractivity contribution in [3.63, 3.8) is 0 Å². The predicted octanol–water partition coefficient (Wildman–Crippen LogP) is 6.14. The van der Waals surface area contributed by atoms with Crippen LogP contribution in [-0.2, 0) is 6.61 Å². The number of nitrogens with one attached hydrogen (secondary N) is 1. The van der Waals surface area contributed by atoms with Crippen molar-refractivity contribution in [2.45, 2.75) is 6.61 Å². The molecule has 0 unspecified atom stereocenters. The summed E-state index contributed by atoms with van der Waals surface area (Å²) < 4.78 is 12.2. The summed E-state index contributed by atoms with van der Waals surface area (Å²) >= 11 is 9.52. The lowest BCUT2D eigenvalue weighted by molar-refractivity contribution is 0.282. The quantitative estimate of drug-likeness (QED) is 0.351. The molecule has 0 fully saturated rings. The number of hydrogen-bond acceptors (Lipinski definition) is 4. The van der Waals surface area contributed by atoms with Crippen LogP contribution in [0, 0.1) is 0 Å². The van der Waals surface area contributed by atoms with Gasteiger partial charge in [0, 0.05) is 5.02 Å². The fourth-order valence-corrected chi connectivity index (χ4v) is 3.19. The van der Waals surface area contributed by atoms with Crippen LogP contribution >= 0.6 is 27.5 Å². The van der Waals surface area contributed by atoms with Crippen molar-refractivity contribution in [1.82, 2.24) is 0 Å². The fourth-order valence-electron chi connectivity index (χ4n) is 2.42. The van der Waals surface area contributed by atoms with E-state index in [9.17, 15) is 0 Å². The first kappa shape index (κ1) is 19.3. The zero-order chi connectivity index (χ0) is 19.1. The summed E-state index contributed by atoms with van der Waals surface area (Å²) in [5.74, 6) is 1.28. The lowest BCUT2D eigenvalue weighted by Crippen LogP contribution is -2.00. The number of ether oxygens (including phenoxy) is 2. The van der Waals surface area contributed by atoms with Crippen LogP contribution in [0.1, 0.15) is 11.1 Å². The Morgan fingerprint density at radius 2 is 1.89 bits per heavy atom. The van der Waals surface area contributed by atoms with Crippen LogP contribution in [0.15, 0.2) is 76.3 Å². The second-order valence-electron chi connectivity index (χ2n) is 5.69. The van der Waals surface area contributed by atoms with Gasteiger partial charge in [0.1, 0.15) is 6.61 Å². The van der Waals surface area contributed by atoms with Crippen LogP contribution in [0.5, 0.6) is 11.5 Å². The fraction of sp³-hybridized carbons (Fsp3) is 0.0952. The molecule has 0 aliphatic rings. The molecule has 27 heavy (non-hydrogen) atoms. The second kappa shape index (κ2) is 9.44. The van der Waals surface area contributed by atoms with Crippen LogP contribution in [0.4, 0.5) is 5.69 Å². The van der Waals surface area contributed by atoms with Crippen LogP contribution < -0.4 is 14.9 Å². The maximum atomic E-state index is 5.96. The molecule has 0 atom stereocenters. The van der Waals surface area contributed by atoms with Gasteiger partial charge in [-0.1, -0.05) is 48.0 Å². The third-order valence-electron chi connectivity index (χ3n) is 3.71. The van der Waals surface area contributed by atoms with E-state index in [2.05, 4.69) is 26.5 Å². The van der Waals surface area contributed by atoms with Gasteiger partial charge in [0.25, 0.3) is 0 Å². The number of halogens is 2. The molecule has 0 bridgehead atoms. The maximum absolute atomic E-state index is 5.96. The summed E-state index contributed by atoms with van der Waals surface area (Å²) in [6.07, 6.45) is 1.70. The normalized spacial score (nSPS) is 10.8. The molecule has 3 aromatic rings. The van der Waals surface area contributed by atoms with Crippen molar-refractivity contribution in [1.29, 1.82) is 0 Å². The van der Waals surface area contributed by atoms with Gasteiger partial charge in [0.05, 0.1) is 23.5 Å². The molecule has 1 N–H and O–H groups in total. The van der Waals surface area contributed by atoms with E-state index in [1.807, 2.05) is 60.7 Å². The summed E-state index contributed by atoms with van der Waals surface area (Å²) in [4.78, 5) is 0. The molecule has 0 heterocycles. The Hall–Kier alpha value is -2.50. The van der Waals surface area contributed by atoms with Gasteiger partial charge in [0.2, 0.25) is 0 Å². The van der Waals surface area contributed by atoms with Gasteiger partial charge in [-0.15, -0.1) is 0 Å². The van der Waals surface area contributed by atoms with Crippen LogP contribution in [0.2, 0.25) is 5.02 Å². The third-order valence-corrected chi connectivity index (χ3v) is 4.53. The monoisotopic (exact) mass is 444 g/mol. The van der Waals surface area contributed by atoms with E-state index in [0.717, 1.165) is 21.3 Å². The van der Waals surface area contributed by atoms with Gasteiger partial charge in [-0.2, -0.15) is 5.10 Å². The third kappa shape index (κ3) is 5.49. The zero-order valence-corrected chi connectivity index (χ0v) is 17.0. The lowest BCUT2D eigenvalue weighted by Gasteiger charge is -2.13. The summed E-state index contributed by atoms with van der Waals surface area (Å²) in [7, 11) is 1.61. The molecule has 0 aliphatic carbocycles. The number of methoxy groups -OCH3 is 1. The lowest BCUT2D eigenvalue weighted by atomic mass is 10.2. The van der Waals surface area contributed by atoms with E-state index < -0.39 is 0 Å². The molecule has 0 radical (unpaired) electrons. The van der Waals surface area contributed by atoms with Crippen molar-refractivity contribution in [2.75, 3.05) is 12.5 Å². The second-order valence-corrected chi connectivity index (χ2v) is 6.98. The Balaban J connectivity index is 1.72. The average molecular weight is 446 g/mol. The first-order chi connectivity index (χ1) is 13.2. The highest BCUT2D eigenvalue weighted by atomic mass is 79.9. The van der Waals surface area contributed by atoms with Gasteiger partial charge in [0.15, 0.2) is 11.5 Å². The Morgan fingerprint density at radius 1 is 1.07 bits per heavy atom. The van der Waals surface area contributed by atoms with Crippen molar-refractivity contribution in [3.8, 4) is 11.5 Å². The highest BCUT2D eigenvalue weighted by Gasteiger charge is 2.11. The summed E-state index contributed by atoms with van der Waals surface area (Å²) in [5, 5.41) is 4.89. The molecule has 0 amide bonds. The number of benzene rings is 3. The van der Waals surface area contributed by atoms with Crippen molar-refractivity contribution in [2.24, 2.45) is 5.10 Å². The van der Waals surface area contributed by atoms with Crippen molar-refractivity contribution < 1.29 is 9.47 Å². The molecule has 0 aliphatic heterocycles. The highest BCUT2D eigenvalue weighted by molar-refractivity contribution is 9.10. The Bertz CT molecular complexity index is 933. The molecular formula is C21H18BrClN2O2. The SMILES string of the molecule is COc1cc(C=NNc2cccc(Cl)c2)cc(Br)c1OCc1ccccc1. The molecule has 0 saturated heterocycles. The first-order valence-electron chi connectivity index (χ1n) is 8.24. The topological polar surface area (TPSA) is 42.8 Å². The van der Waals surface area contributed by atoms with Gasteiger partial charge >= 0.3 is 0 Å². The minimum atomic E-state index is 0.458. The zero-order valence-electron chi connectivity index (χ0n) is 14.7. The minimum Gasteiger partial charge on any atom is -0.493 e. The molecule has 3 rings (SSSR count). The van der Waals surface area contributed by atoms with Gasteiger partial charge in [-0.3, -0.25) is 5.43 Å². The molecule has 6 heteroatoms. The number of hydrogen-bond donors (Lipinski definition) is 1. The van der Waals surface area contributed by atoms with E-state index >= 15 is 0 Å². The molecule has 0 aromatic heterocycles. The van der Waals surface area contributed by atoms with E-state index in [-0.39, 0.29) is 0 Å².